The van der Waals surface area contributed by atoms with E-state index in [9.17, 15) is 18.5 Å². The molecule has 0 bridgehead atoms. The number of nitro groups is 1. The zero-order chi connectivity index (χ0) is 21.3. The molecule has 0 fully saturated rings. The lowest BCUT2D eigenvalue weighted by Gasteiger charge is -2.10. The summed E-state index contributed by atoms with van der Waals surface area (Å²) >= 11 is 0. The molecule has 0 aliphatic heterocycles. The van der Waals surface area contributed by atoms with E-state index in [-0.39, 0.29) is 22.2 Å². The predicted octanol–water partition coefficient (Wildman–Crippen LogP) is 2.44. The third-order valence-electron chi connectivity index (χ3n) is 4.42. The topological polar surface area (TPSA) is 124 Å². The molecule has 0 saturated heterocycles. The third kappa shape index (κ3) is 3.70. The van der Waals surface area contributed by atoms with Crippen molar-refractivity contribution in [1.82, 2.24) is 14.5 Å². The Labute approximate surface area is 171 Å². The molecule has 10 nitrogen and oxygen atoms in total. The number of para-hydroxylation sites is 2. The summed E-state index contributed by atoms with van der Waals surface area (Å²) in [6, 6.07) is 11.9. The Morgan fingerprint density at radius 1 is 1.13 bits per heavy atom. The molecule has 11 heteroatoms. The van der Waals surface area contributed by atoms with Crippen LogP contribution in [0.2, 0.25) is 0 Å². The highest BCUT2D eigenvalue weighted by atomic mass is 32.2. The van der Waals surface area contributed by atoms with Gasteiger partial charge in [-0.25, -0.2) is 23.0 Å². The number of nitrogens with zero attached hydrogens (tertiary/aromatic N) is 5. The van der Waals surface area contributed by atoms with Crippen LogP contribution in [0, 0.1) is 10.1 Å². The van der Waals surface area contributed by atoms with Crippen LogP contribution in [0.3, 0.4) is 0 Å². The lowest BCUT2D eigenvalue weighted by atomic mass is 10.3. The zero-order valence-electron chi connectivity index (χ0n) is 15.8. The fraction of sp³-hybridized carbons (Fsp3) is 0.105. The molecule has 0 aliphatic carbocycles. The molecule has 30 heavy (non-hydrogen) atoms. The molecule has 0 radical (unpaired) electrons. The number of sulfonamides is 1. The van der Waals surface area contributed by atoms with Crippen LogP contribution in [0.4, 0.5) is 11.5 Å². The minimum absolute atomic E-state index is 0.0130. The number of anilines is 1. The first-order valence-electron chi connectivity index (χ1n) is 8.99. The van der Waals surface area contributed by atoms with Crippen molar-refractivity contribution in [3.8, 4) is 5.82 Å². The van der Waals surface area contributed by atoms with Gasteiger partial charge in [0.2, 0.25) is 12.1 Å². The number of nitro benzene ring substituents is 1. The van der Waals surface area contributed by atoms with E-state index in [1.54, 1.807) is 35.3 Å². The molecule has 0 amide bonds. The Morgan fingerprint density at radius 3 is 2.53 bits per heavy atom. The first-order valence-corrected chi connectivity index (χ1v) is 10.5. The maximum absolute atomic E-state index is 12.9. The number of fused-ring (bicyclic) bond motifs is 1. The molecule has 1 N–H and O–H groups in total. The monoisotopic (exact) mass is 425 g/mol. The number of hydrogen-bond donors (Lipinski definition) is 1. The maximum atomic E-state index is 12.9. The molecule has 0 atom stereocenters. The molecule has 4 rings (SSSR count). The van der Waals surface area contributed by atoms with Gasteiger partial charge in [-0.2, -0.15) is 4.57 Å². The molecule has 0 aliphatic rings. The smallest absolute Gasteiger partial charge is 0.258 e. The van der Waals surface area contributed by atoms with Crippen molar-refractivity contribution in [2.24, 2.45) is 0 Å². The summed E-state index contributed by atoms with van der Waals surface area (Å²) in [7, 11) is -4.14. The summed E-state index contributed by atoms with van der Waals surface area (Å²) in [5, 5.41) is 11.0. The van der Waals surface area contributed by atoms with E-state index in [0.717, 1.165) is 12.6 Å². The van der Waals surface area contributed by atoms with Crippen molar-refractivity contribution in [1.29, 1.82) is 0 Å². The summed E-state index contributed by atoms with van der Waals surface area (Å²) in [5.41, 5.74) is 0.785. The molecule has 4 aromatic rings. The average Bonchev–Trinajstić information content (AvgIpc) is 3.22. The Morgan fingerprint density at radius 2 is 1.87 bits per heavy atom. The first-order chi connectivity index (χ1) is 14.4. The fourth-order valence-corrected chi connectivity index (χ4v) is 3.94. The second kappa shape index (κ2) is 7.52. The van der Waals surface area contributed by atoms with Gasteiger partial charge in [0.15, 0.2) is 0 Å². The molecule has 2 aromatic heterocycles. The quantitative estimate of drug-likeness (QED) is 0.287. The van der Waals surface area contributed by atoms with Gasteiger partial charge in [0.1, 0.15) is 12.4 Å². The van der Waals surface area contributed by atoms with Gasteiger partial charge in [-0.05, 0) is 25.1 Å². The van der Waals surface area contributed by atoms with E-state index in [1.165, 1.54) is 18.2 Å². The van der Waals surface area contributed by atoms with Gasteiger partial charge in [-0.1, -0.05) is 18.2 Å². The van der Waals surface area contributed by atoms with Crippen molar-refractivity contribution in [3.05, 3.63) is 77.4 Å². The normalized spacial score (nSPS) is 11.5. The van der Waals surface area contributed by atoms with Gasteiger partial charge < -0.3 is 0 Å². The van der Waals surface area contributed by atoms with Crippen LogP contribution < -0.4 is 9.29 Å². The first kappa shape index (κ1) is 19.5. The van der Waals surface area contributed by atoms with Crippen LogP contribution in [0.25, 0.3) is 16.9 Å². The molecule has 2 heterocycles. The second-order valence-corrected chi connectivity index (χ2v) is 8.08. The standard InChI is InChI=1S/C19H17N6O4S/c1-2-23-10-11-24(13-23)19-18(20-16-8-3-4-9-17(16)21-19)22-30(28,29)15-7-5-6-14(12-15)25(26)27/h3-13H,2H2,1H3,(H,20,22)/q+1. The van der Waals surface area contributed by atoms with Crippen molar-refractivity contribution in [2.45, 2.75) is 18.4 Å². The molecule has 2 aromatic carbocycles. The van der Waals surface area contributed by atoms with Crippen LogP contribution in [-0.4, -0.2) is 27.9 Å². The zero-order valence-corrected chi connectivity index (χ0v) is 16.7. The Hall–Kier alpha value is -3.86. The molecule has 152 valence electrons. The Kier molecular flexibility index (Phi) is 4.88. The number of rotatable bonds is 6. The minimum Gasteiger partial charge on any atom is -0.258 e. The van der Waals surface area contributed by atoms with E-state index in [4.69, 9.17) is 0 Å². The average molecular weight is 425 g/mol. The third-order valence-corrected chi connectivity index (χ3v) is 5.76. The van der Waals surface area contributed by atoms with E-state index in [2.05, 4.69) is 14.7 Å². The number of benzene rings is 2. The van der Waals surface area contributed by atoms with Crippen molar-refractivity contribution >= 4 is 32.6 Å². The number of hydrogen-bond acceptors (Lipinski definition) is 6. The summed E-state index contributed by atoms with van der Waals surface area (Å²) in [5.74, 6) is 0.300. The van der Waals surface area contributed by atoms with Crippen LogP contribution in [0.5, 0.6) is 0 Å². The van der Waals surface area contributed by atoms with Crippen molar-refractivity contribution < 1.29 is 17.9 Å². The van der Waals surface area contributed by atoms with Gasteiger partial charge in [0.05, 0.1) is 27.4 Å². The minimum atomic E-state index is -4.14. The summed E-state index contributed by atoms with van der Waals surface area (Å²) in [6.07, 6.45) is 5.34. The van der Waals surface area contributed by atoms with Crippen LogP contribution in [0.15, 0.2) is 72.1 Å². The highest BCUT2D eigenvalue weighted by Crippen LogP contribution is 2.24. The van der Waals surface area contributed by atoms with Crippen LogP contribution in [-0.2, 0) is 16.6 Å². The number of aryl methyl sites for hydroxylation is 1. The number of aromatic nitrogens is 4. The summed E-state index contributed by atoms with van der Waals surface area (Å²) < 4.78 is 31.9. The van der Waals surface area contributed by atoms with E-state index in [0.29, 0.717) is 11.0 Å². The van der Waals surface area contributed by atoms with Gasteiger partial charge in [-0.3, -0.25) is 14.8 Å². The van der Waals surface area contributed by atoms with Crippen LogP contribution >= 0.6 is 0 Å². The SMILES string of the molecule is CC[n+]1ccn(-c2nc3ccccc3nc2NS(=O)(=O)c2cccc([N+](=O)[O-])c2)c1. The molecular weight excluding hydrogens is 408 g/mol. The molecule has 0 spiro atoms. The maximum Gasteiger partial charge on any atom is 0.270 e. The predicted molar refractivity (Wildman–Crippen MR) is 109 cm³/mol. The lowest BCUT2D eigenvalue weighted by molar-refractivity contribution is -0.692. The van der Waals surface area contributed by atoms with E-state index < -0.39 is 14.9 Å². The highest BCUT2D eigenvalue weighted by Gasteiger charge is 2.24. The highest BCUT2D eigenvalue weighted by molar-refractivity contribution is 7.92. The fourth-order valence-electron chi connectivity index (χ4n) is 2.90. The molecule has 0 unspecified atom stereocenters. The van der Waals surface area contributed by atoms with Gasteiger partial charge in [0.25, 0.3) is 21.5 Å². The van der Waals surface area contributed by atoms with Gasteiger partial charge >= 0.3 is 0 Å². The largest absolute Gasteiger partial charge is 0.270 e. The number of non-ortho nitro benzene ring substituents is 1. The lowest BCUT2D eigenvalue weighted by Crippen LogP contribution is -2.29. The molecule has 0 saturated carbocycles. The van der Waals surface area contributed by atoms with E-state index >= 15 is 0 Å². The molecular formula is C19H17N6O4S+. The number of nitrogens with one attached hydrogen (secondary N) is 1. The van der Waals surface area contributed by atoms with Crippen LogP contribution in [0.1, 0.15) is 6.92 Å². The van der Waals surface area contributed by atoms with Gasteiger partial charge in [0, 0.05) is 12.1 Å². The second-order valence-electron chi connectivity index (χ2n) is 6.40. The van der Waals surface area contributed by atoms with Gasteiger partial charge in [-0.15, -0.1) is 0 Å². The summed E-state index contributed by atoms with van der Waals surface area (Å²) in [6.45, 7) is 2.70. The van der Waals surface area contributed by atoms with Crippen molar-refractivity contribution in [3.63, 3.8) is 0 Å². The Bertz CT molecular complexity index is 1370. The Balaban J connectivity index is 1.84. The summed E-state index contributed by atoms with van der Waals surface area (Å²) in [4.78, 5) is 19.1. The van der Waals surface area contributed by atoms with E-state index in [1.807, 2.05) is 23.8 Å². The van der Waals surface area contributed by atoms with Crippen molar-refractivity contribution in [2.75, 3.05) is 4.72 Å². The number of imidazole rings is 1.